The zero-order valence-corrected chi connectivity index (χ0v) is 14.5. The maximum absolute atomic E-state index is 12.2. The van der Waals surface area contributed by atoms with Gasteiger partial charge in [0.25, 0.3) is 0 Å². The first kappa shape index (κ1) is 17.2. The smallest absolute Gasteiger partial charge is 0.242 e. The molecule has 2 heterocycles. The molecule has 1 aromatic heterocycles. The van der Waals surface area contributed by atoms with Gasteiger partial charge in [0.05, 0.1) is 6.54 Å². The van der Waals surface area contributed by atoms with Gasteiger partial charge >= 0.3 is 0 Å². The summed E-state index contributed by atoms with van der Waals surface area (Å²) in [5.74, 6) is 0.384. The Morgan fingerprint density at radius 2 is 1.76 bits per heavy atom. The first-order chi connectivity index (χ1) is 11.9. The second kappa shape index (κ2) is 7.11. The molecule has 0 aliphatic carbocycles. The molecule has 7 heteroatoms. The van der Waals surface area contributed by atoms with Crippen LogP contribution in [0.2, 0.25) is 5.02 Å². The highest BCUT2D eigenvalue weighted by Gasteiger charge is 2.31. The Balaban J connectivity index is 1.62. The highest BCUT2D eigenvalue weighted by Crippen LogP contribution is 2.24. The molecule has 0 unspecified atom stereocenters. The fraction of sp³-hybridized carbons (Fsp3) is 0.278. The van der Waals surface area contributed by atoms with E-state index in [0.717, 1.165) is 10.5 Å². The lowest BCUT2D eigenvalue weighted by molar-refractivity contribution is -0.145. The molecule has 1 aromatic carbocycles. The van der Waals surface area contributed by atoms with Crippen molar-refractivity contribution in [1.82, 2.24) is 9.80 Å². The highest BCUT2D eigenvalue weighted by atomic mass is 35.5. The normalized spacial score (nSPS) is 14.2. The maximum Gasteiger partial charge on any atom is 0.242 e. The molecule has 1 saturated heterocycles. The van der Waals surface area contributed by atoms with Gasteiger partial charge in [-0.05, 0) is 36.4 Å². The number of likely N-dealkylation sites (N-methyl/N-ethyl adjacent to an activating group) is 1. The van der Waals surface area contributed by atoms with Crippen molar-refractivity contribution >= 4 is 29.3 Å². The topological polar surface area (TPSA) is 70.8 Å². The second-order valence-electron chi connectivity index (χ2n) is 5.90. The second-order valence-corrected chi connectivity index (χ2v) is 6.33. The van der Waals surface area contributed by atoms with Crippen molar-refractivity contribution in [3.63, 3.8) is 0 Å². The third kappa shape index (κ3) is 3.91. The summed E-state index contributed by atoms with van der Waals surface area (Å²) in [4.78, 5) is 37.9. The average molecular weight is 361 g/mol. The van der Waals surface area contributed by atoms with E-state index < -0.39 is 0 Å². The third-order valence-corrected chi connectivity index (χ3v) is 4.31. The molecule has 6 nitrogen and oxygen atoms in total. The average Bonchev–Trinajstić information content (AvgIpc) is 3.17. The van der Waals surface area contributed by atoms with Gasteiger partial charge in [-0.3, -0.25) is 19.3 Å². The number of imide groups is 1. The van der Waals surface area contributed by atoms with E-state index in [1.54, 1.807) is 25.2 Å². The summed E-state index contributed by atoms with van der Waals surface area (Å²) in [5, 5.41) is 0.645. The Bertz CT molecular complexity index is 797. The summed E-state index contributed by atoms with van der Waals surface area (Å²) in [6.45, 7) is 0.0293. The molecule has 0 saturated carbocycles. The van der Waals surface area contributed by atoms with Crippen molar-refractivity contribution < 1.29 is 18.8 Å². The van der Waals surface area contributed by atoms with E-state index in [1.807, 2.05) is 18.2 Å². The van der Waals surface area contributed by atoms with Crippen LogP contribution < -0.4 is 0 Å². The lowest BCUT2D eigenvalue weighted by Crippen LogP contribution is -2.40. The number of likely N-dealkylation sites (tertiary alicyclic amines) is 1. The molecule has 1 fully saturated rings. The van der Waals surface area contributed by atoms with Crippen molar-refractivity contribution in [2.45, 2.75) is 19.4 Å². The van der Waals surface area contributed by atoms with E-state index in [2.05, 4.69) is 0 Å². The Morgan fingerprint density at radius 3 is 2.40 bits per heavy atom. The molecule has 0 N–H and O–H groups in total. The molecule has 1 aliphatic rings. The lowest BCUT2D eigenvalue weighted by Gasteiger charge is -2.19. The van der Waals surface area contributed by atoms with Crippen LogP contribution in [-0.4, -0.2) is 41.1 Å². The molecule has 0 spiro atoms. The number of rotatable bonds is 5. The van der Waals surface area contributed by atoms with E-state index in [0.29, 0.717) is 16.5 Å². The van der Waals surface area contributed by atoms with Crippen LogP contribution in [0.15, 0.2) is 40.8 Å². The van der Waals surface area contributed by atoms with Crippen LogP contribution in [0, 0.1) is 0 Å². The summed E-state index contributed by atoms with van der Waals surface area (Å²) < 4.78 is 5.76. The molecule has 0 bridgehead atoms. The molecule has 3 rings (SSSR count). The monoisotopic (exact) mass is 360 g/mol. The minimum Gasteiger partial charge on any atom is -0.459 e. The quantitative estimate of drug-likeness (QED) is 0.769. The first-order valence-electron chi connectivity index (χ1n) is 7.86. The van der Waals surface area contributed by atoms with Gasteiger partial charge in [0, 0.05) is 30.5 Å². The Morgan fingerprint density at radius 1 is 1.12 bits per heavy atom. The minimum atomic E-state index is -0.312. The number of carbonyl (C=O) groups excluding carboxylic acids is 3. The van der Waals surface area contributed by atoms with Crippen molar-refractivity contribution in [3.05, 3.63) is 47.2 Å². The van der Waals surface area contributed by atoms with Crippen molar-refractivity contribution in [2.24, 2.45) is 0 Å². The van der Waals surface area contributed by atoms with Gasteiger partial charge in [0.1, 0.15) is 18.1 Å². The summed E-state index contributed by atoms with van der Waals surface area (Å²) >= 11 is 5.87. The number of hydrogen-bond donors (Lipinski definition) is 0. The molecule has 1 aliphatic heterocycles. The number of amides is 3. The van der Waals surface area contributed by atoms with E-state index in [1.165, 1.54) is 4.90 Å². The zero-order chi connectivity index (χ0) is 18.0. The number of halogens is 1. The summed E-state index contributed by atoms with van der Waals surface area (Å²) in [5.41, 5.74) is 0.887. The third-order valence-electron chi connectivity index (χ3n) is 4.06. The SMILES string of the molecule is CN(Cc1ccc(-c2ccc(Cl)cc2)o1)C(=O)CN1C(=O)CCC1=O. The minimum absolute atomic E-state index is 0.179. The van der Waals surface area contributed by atoms with E-state index in [4.69, 9.17) is 16.0 Å². The highest BCUT2D eigenvalue weighted by molar-refractivity contribution is 6.30. The molecule has 25 heavy (non-hydrogen) atoms. The van der Waals surface area contributed by atoms with Crippen molar-refractivity contribution in [1.29, 1.82) is 0 Å². The Labute approximate surface area is 150 Å². The molecule has 0 radical (unpaired) electrons. The number of benzene rings is 1. The van der Waals surface area contributed by atoms with Crippen LogP contribution in [0.5, 0.6) is 0 Å². The van der Waals surface area contributed by atoms with Crippen LogP contribution in [0.3, 0.4) is 0 Å². The van der Waals surface area contributed by atoms with Crippen LogP contribution in [0.1, 0.15) is 18.6 Å². The maximum atomic E-state index is 12.2. The summed E-state index contributed by atoms with van der Waals surface area (Å²) in [6, 6.07) is 10.9. The number of carbonyl (C=O) groups is 3. The predicted molar refractivity (Wildman–Crippen MR) is 91.6 cm³/mol. The van der Waals surface area contributed by atoms with Crippen molar-refractivity contribution in [3.8, 4) is 11.3 Å². The number of nitrogens with zero attached hydrogens (tertiary/aromatic N) is 2. The molecule has 0 atom stereocenters. The van der Waals surface area contributed by atoms with Gasteiger partial charge in [0.2, 0.25) is 17.7 Å². The van der Waals surface area contributed by atoms with Gasteiger partial charge in [-0.1, -0.05) is 11.6 Å². The predicted octanol–water partition coefficient (Wildman–Crippen LogP) is 2.71. The van der Waals surface area contributed by atoms with Crippen LogP contribution in [0.4, 0.5) is 0 Å². The Hall–Kier alpha value is -2.60. The largest absolute Gasteiger partial charge is 0.459 e. The molecular formula is C18H17ClN2O4. The zero-order valence-electron chi connectivity index (χ0n) is 13.7. The number of furan rings is 1. The van der Waals surface area contributed by atoms with Gasteiger partial charge in [-0.2, -0.15) is 0 Å². The molecule has 130 valence electrons. The summed E-state index contributed by atoms with van der Waals surface area (Å²) in [6.07, 6.45) is 0.358. The fourth-order valence-electron chi connectivity index (χ4n) is 2.61. The van der Waals surface area contributed by atoms with Crippen LogP contribution in [0.25, 0.3) is 11.3 Å². The Kier molecular flexibility index (Phi) is 4.90. The van der Waals surface area contributed by atoms with E-state index >= 15 is 0 Å². The van der Waals surface area contributed by atoms with Crippen molar-refractivity contribution in [2.75, 3.05) is 13.6 Å². The van der Waals surface area contributed by atoms with Gasteiger partial charge < -0.3 is 9.32 Å². The standard InChI is InChI=1S/C18H17ClN2O4/c1-20(18(24)11-21-16(22)8-9-17(21)23)10-14-6-7-15(25-14)12-2-4-13(19)5-3-12/h2-7H,8-11H2,1H3. The van der Waals surface area contributed by atoms with E-state index in [-0.39, 0.29) is 43.7 Å². The summed E-state index contributed by atoms with van der Waals surface area (Å²) in [7, 11) is 1.61. The fourth-order valence-corrected chi connectivity index (χ4v) is 2.74. The lowest BCUT2D eigenvalue weighted by atomic mass is 10.2. The first-order valence-corrected chi connectivity index (χ1v) is 8.23. The van der Waals surface area contributed by atoms with Gasteiger partial charge in [0.15, 0.2) is 0 Å². The van der Waals surface area contributed by atoms with Crippen LogP contribution in [-0.2, 0) is 20.9 Å². The van der Waals surface area contributed by atoms with E-state index in [9.17, 15) is 14.4 Å². The van der Waals surface area contributed by atoms with Crippen LogP contribution >= 0.6 is 11.6 Å². The molecular weight excluding hydrogens is 344 g/mol. The molecule has 2 aromatic rings. The van der Waals surface area contributed by atoms with Gasteiger partial charge in [-0.15, -0.1) is 0 Å². The number of hydrogen-bond acceptors (Lipinski definition) is 4. The molecule has 3 amide bonds. The van der Waals surface area contributed by atoms with Gasteiger partial charge in [-0.25, -0.2) is 0 Å².